The van der Waals surface area contributed by atoms with Gasteiger partial charge in [-0.3, -0.25) is 0 Å². The van der Waals surface area contributed by atoms with Crippen molar-refractivity contribution in [2.24, 2.45) is 0 Å². The summed E-state index contributed by atoms with van der Waals surface area (Å²) in [6.07, 6.45) is 3.76. The van der Waals surface area contributed by atoms with E-state index in [1.165, 1.54) is 0 Å². The van der Waals surface area contributed by atoms with Gasteiger partial charge < -0.3 is 9.47 Å². The highest BCUT2D eigenvalue weighted by Gasteiger charge is 2.24. The lowest BCUT2D eigenvalue weighted by molar-refractivity contribution is -0.0194. The van der Waals surface area contributed by atoms with Crippen LogP contribution in [0.15, 0.2) is 66.7 Å². The largest absolute Gasteiger partial charge is 0.346 e. The molecule has 96 valence electrons. The molecule has 2 aromatic carbocycles. The summed E-state index contributed by atoms with van der Waals surface area (Å²) in [6.45, 7) is 0.605. The lowest BCUT2D eigenvalue weighted by Crippen LogP contribution is -2.03. The lowest BCUT2D eigenvalue weighted by atomic mass is 10.1. The van der Waals surface area contributed by atoms with Gasteiger partial charge in [0.05, 0.1) is 6.61 Å². The molecule has 1 heterocycles. The maximum absolute atomic E-state index is 5.86. The number of rotatable bonds is 3. The van der Waals surface area contributed by atoms with E-state index < -0.39 is 0 Å². The molecule has 19 heavy (non-hydrogen) atoms. The minimum atomic E-state index is -0.259. The molecule has 0 aromatic heterocycles. The van der Waals surface area contributed by atoms with Gasteiger partial charge in [-0.2, -0.15) is 0 Å². The summed E-state index contributed by atoms with van der Waals surface area (Å²) in [5, 5.41) is 0. The first kappa shape index (κ1) is 12.2. The average molecular weight is 252 g/mol. The molecule has 2 nitrogen and oxygen atoms in total. The summed E-state index contributed by atoms with van der Waals surface area (Å²) >= 11 is 0. The Balaban J connectivity index is 1.62. The van der Waals surface area contributed by atoms with E-state index in [1.54, 1.807) is 0 Å². The number of hydrogen-bond acceptors (Lipinski definition) is 2. The predicted molar refractivity (Wildman–Crippen MR) is 75.5 cm³/mol. The monoisotopic (exact) mass is 252 g/mol. The average Bonchev–Trinajstić information content (AvgIpc) is 2.96. The second kappa shape index (κ2) is 5.83. The van der Waals surface area contributed by atoms with Crippen molar-refractivity contribution in [3.8, 4) is 0 Å². The quantitative estimate of drug-likeness (QED) is 0.827. The van der Waals surface area contributed by atoms with Crippen molar-refractivity contribution in [3.05, 3.63) is 77.9 Å². The van der Waals surface area contributed by atoms with Crippen molar-refractivity contribution < 1.29 is 9.47 Å². The van der Waals surface area contributed by atoms with E-state index in [1.807, 2.05) is 48.6 Å². The molecular formula is C17H16O2. The molecular weight excluding hydrogens is 236 g/mol. The second-order valence-corrected chi connectivity index (χ2v) is 4.51. The number of benzene rings is 2. The van der Waals surface area contributed by atoms with Gasteiger partial charge in [-0.1, -0.05) is 66.7 Å². The zero-order valence-corrected chi connectivity index (χ0v) is 10.6. The SMILES string of the molecule is C(=C\[C@@H]1OC[C@H](c2ccccc2)O1)/c1ccccc1. The van der Waals surface area contributed by atoms with Crippen LogP contribution in [0.3, 0.4) is 0 Å². The molecule has 0 saturated carbocycles. The van der Waals surface area contributed by atoms with E-state index >= 15 is 0 Å². The third kappa shape index (κ3) is 3.11. The van der Waals surface area contributed by atoms with Gasteiger partial charge in [0, 0.05) is 0 Å². The molecule has 0 bridgehead atoms. The Kier molecular flexibility index (Phi) is 3.73. The standard InChI is InChI=1S/C17H16O2/c1-3-7-14(8-4-1)11-12-17-18-13-16(19-17)15-9-5-2-6-10-15/h1-12,16-17H,13H2/b12-11+/t16-,17-/m1/s1. The van der Waals surface area contributed by atoms with Gasteiger partial charge in [0.25, 0.3) is 0 Å². The zero-order valence-electron chi connectivity index (χ0n) is 10.6. The Morgan fingerprint density at radius 3 is 2.32 bits per heavy atom. The van der Waals surface area contributed by atoms with E-state index in [0.29, 0.717) is 6.61 Å². The Bertz CT molecular complexity index is 534. The molecule has 0 N–H and O–H groups in total. The van der Waals surface area contributed by atoms with Crippen LogP contribution >= 0.6 is 0 Å². The summed E-state index contributed by atoms with van der Waals surface area (Å²) in [5.41, 5.74) is 2.32. The van der Waals surface area contributed by atoms with E-state index in [-0.39, 0.29) is 12.4 Å². The highest BCUT2D eigenvalue weighted by Crippen LogP contribution is 2.26. The maximum atomic E-state index is 5.86. The van der Waals surface area contributed by atoms with Crippen LogP contribution in [0.25, 0.3) is 6.08 Å². The Morgan fingerprint density at radius 2 is 1.58 bits per heavy atom. The summed E-state index contributed by atoms with van der Waals surface area (Å²) in [7, 11) is 0. The first-order valence-electron chi connectivity index (χ1n) is 6.47. The normalized spacial score (nSPS) is 22.9. The van der Waals surface area contributed by atoms with E-state index in [4.69, 9.17) is 9.47 Å². The Hall–Kier alpha value is -1.90. The highest BCUT2D eigenvalue weighted by molar-refractivity contribution is 5.49. The fraction of sp³-hybridized carbons (Fsp3) is 0.176. The summed E-state index contributed by atoms with van der Waals surface area (Å²) in [4.78, 5) is 0. The topological polar surface area (TPSA) is 18.5 Å². The van der Waals surface area contributed by atoms with Crippen LogP contribution in [0.2, 0.25) is 0 Å². The van der Waals surface area contributed by atoms with Crippen LogP contribution in [0.4, 0.5) is 0 Å². The zero-order chi connectivity index (χ0) is 12.9. The van der Waals surface area contributed by atoms with Gasteiger partial charge in [0.1, 0.15) is 6.10 Å². The van der Waals surface area contributed by atoms with E-state index in [9.17, 15) is 0 Å². The molecule has 2 aromatic rings. The Morgan fingerprint density at radius 1 is 0.895 bits per heavy atom. The van der Waals surface area contributed by atoms with E-state index in [0.717, 1.165) is 11.1 Å². The lowest BCUT2D eigenvalue weighted by Gasteiger charge is -2.08. The van der Waals surface area contributed by atoms with Crippen LogP contribution in [0, 0.1) is 0 Å². The predicted octanol–water partition coefficient (Wildman–Crippen LogP) is 3.81. The third-order valence-electron chi connectivity index (χ3n) is 3.13. The van der Waals surface area contributed by atoms with Crippen molar-refractivity contribution in [2.45, 2.75) is 12.4 Å². The van der Waals surface area contributed by atoms with Gasteiger partial charge in [-0.25, -0.2) is 0 Å². The van der Waals surface area contributed by atoms with Gasteiger partial charge in [-0.05, 0) is 17.2 Å². The molecule has 1 aliphatic heterocycles. The van der Waals surface area contributed by atoms with Crippen LogP contribution in [0.5, 0.6) is 0 Å². The van der Waals surface area contributed by atoms with Crippen LogP contribution in [-0.2, 0) is 9.47 Å². The van der Waals surface area contributed by atoms with Gasteiger partial charge in [0.2, 0.25) is 0 Å². The van der Waals surface area contributed by atoms with Crippen LogP contribution in [0.1, 0.15) is 17.2 Å². The number of hydrogen-bond donors (Lipinski definition) is 0. The molecule has 1 aliphatic rings. The van der Waals surface area contributed by atoms with Crippen molar-refractivity contribution in [1.29, 1.82) is 0 Å². The molecule has 1 fully saturated rings. The number of ether oxygens (including phenoxy) is 2. The second-order valence-electron chi connectivity index (χ2n) is 4.51. The molecule has 2 heteroatoms. The maximum Gasteiger partial charge on any atom is 0.178 e. The molecule has 3 rings (SSSR count). The summed E-state index contributed by atoms with van der Waals surface area (Å²) < 4.78 is 11.5. The van der Waals surface area contributed by atoms with Gasteiger partial charge >= 0.3 is 0 Å². The van der Waals surface area contributed by atoms with Crippen LogP contribution in [-0.4, -0.2) is 12.9 Å². The first-order chi connectivity index (χ1) is 9.42. The van der Waals surface area contributed by atoms with Crippen molar-refractivity contribution in [1.82, 2.24) is 0 Å². The molecule has 2 atom stereocenters. The molecule has 0 radical (unpaired) electrons. The minimum Gasteiger partial charge on any atom is -0.346 e. The van der Waals surface area contributed by atoms with Crippen molar-refractivity contribution in [2.75, 3.05) is 6.61 Å². The minimum absolute atomic E-state index is 0.0339. The highest BCUT2D eigenvalue weighted by atomic mass is 16.7. The van der Waals surface area contributed by atoms with Crippen LogP contribution < -0.4 is 0 Å². The fourth-order valence-electron chi connectivity index (χ4n) is 2.12. The molecule has 0 spiro atoms. The third-order valence-corrected chi connectivity index (χ3v) is 3.13. The molecule has 0 unspecified atom stereocenters. The first-order valence-corrected chi connectivity index (χ1v) is 6.47. The van der Waals surface area contributed by atoms with E-state index in [2.05, 4.69) is 24.3 Å². The molecule has 0 aliphatic carbocycles. The van der Waals surface area contributed by atoms with Crippen molar-refractivity contribution >= 4 is 6.08 Å². The summed E-state index contributed by atoms with van der Waals surface area (Å²) in [5.74, 6) is 0. The van der Waals surface area contributed by atoms with Crippen molar-refractivity contribution in [3.63, 3.8) is 0 Å². The molecule has 1 saturated heterocycles. The summed E-state index contributed by atoms with van der Waals surface area (Å²) in [6, 6.07) is 20.3. The van der Waals surface area contributed by atoms with Gasteiger partial charge in [-0.15, -0.1) is 0 Å². The smallest absolute Gasteiger partial charge is 0.178 e. The Labute approximate surface area is 113 Å². The fourth-order valence-corrected chi connectivity index (χ4v) is 2.12. The van der Waals surface area contributed by atoms with Gasteiger partial charge in [0.15, 0.2) is 6.29 Å². The molecule has 0 amide bonds.